The van der Waals surface area contributed by atoms with Gasteiger partial charge >= 0.3 is 5.97 Å². The van der Waals surface area contributed by atoms with Crippen LogP contribution >= 0.6 is 0 Å². The van der Waals surface area contributed by atoms with Crippen molar-refractivity contribution in [3.05, 3.63) is 42.0 Å². The van der Waals surface area contributed by atoms with Crippen LogP contribution in [-0.2, 0) is 4.79 Å². The Bertz CT molecular complexity index is 711. The molecule has 25 heavy (non-hydrogen) atoms. The van der Waals surface area contributed by atoms with Crippen LogP contribution in [0, 0.1) is 5.92 Å². The fourth-order valence-corrected chi connectivity index (χ4v) is 3.85. The van der Waals surface area contributed by atoms with Gasteiger partial charge in [-0.05, 0) is 59.6 Å². The molecule has 0 atom stereocenters. The lowest BCUT2D eigenvalue weighted by atomic mass is 9.79. The van der Waals surface area contributed by atoms with Gasteiger partial charge in [-0.3, -0.25) is 4.79 Å². The van der Waals surface area contributed by atoms with Crippen molar-refractivity contribution in [1.29, 1.82) is 0 Å². The summed E-state index contributed by atoms with van der Waals surface area (Å²) in [7, 11) is 0. The fourth-order valence-electron chi connectivity index (χ4n) is 3.85. The van der Waals surface area contributed by atoms with Crippen molar-refractivity contribution in [3.8, 4) is 5.75 Å². The quantitative estimate of drug-likeness (QED) is 0.336. The molecule has 2 aromatic rings. The third kappa shape index (κ3) is 4.84. The lowest BCUT2D eigenvalue weighted by Crippen LogP contribution is -2.10. The number of rotatable bonds is 6. The minimum Gasteiger partial charge on any atom is -0.427 e. The highest BCUT2D eigenvalue weighted by atomic mass is 16.5. The summed E-state index contributed by atoms with van der Waals surface area (Å²) in [6.45, 7) is 4.50. The number of benzene rings is 2. The molecule has 134 valence electrons. The minimum absolute atomic E-state index is 0.124. The first kappa shape index (κ1) is 18.0. The molecule has 2 aromatic carbocycles. The Balaban J connectivity index is 1.67. The van der Waals surface area contributed by atoms with Crippen LogP contribution in [0.1, 0.15) is 76.7 Å². The third-order valence-electron chi connectivity index (χ3n) is 5.54. The molecular weight excluding hydrogens is 308 g/mol. The predicted octanol–water partition coefficient (Wildman–Crippen LogP) is 6.62. The molecule has 1 aliphatic carbocycles. The van der Waals surface area contributed by atoms with Crippen LogP contribution in [0.3, 0.4) is 0 Å². The van der Waals surface area contributed by atoms with Gasteiger partial charge in [-0.25, -0.2) is 0 Å². The van der Waals surface area contributed by atoms with E-state index in [4.69, 9.17) is 4.74 Å². The molecule has 0 spiro atoms. The lowest BCUT2D eigenvalue weighted by Gasteiger charge is -2.26. The number of carbonyl (C=O) groups excluding carboxylic acids is 1. The summed E-state index contributed by atoms with van der Waals surface area (Å²) in [5.41, 5.74) is 1.46. The zero-order valence-corrected chi connectivity index (χ0v) is 15.6. The molecule has 0 amide bonds. The van der Waals surface area contributed by atoms with Crippen molar-refractivity contribution in [2.24, 2.45) is 5.92 Å². The second-order valence-corrected chi connectivity index (χ2v) is 7.66. The van der Waals surface area contributed by atoms with Crippen LogP contribution in [0.4, 0.5) is 0 Å². The highest BCUT2D eigenvalue weighted by Crippen LogP contribution is 2.36. The number of hydrogen-bond donors (Lipinski definition) is 0. The average molecular weight is 338 g/mol. The van der Waals surface area contributed by atoms with E-state index in [1.165, 1.54) is 36.6 Å². The second kappa shape index (κ2) is 8.51. The molecule has 0 aromatic heterocycles. The van der Waals surface area contributed by atoms with Crippen molar-refractivity contribution in [2.75, 3.05) is 0 Å². The summed E-state index contributed by atoms with van der Waals surface area (Å²) in [6.07, 6.45) is 8.91. The van der Waals surface area contributed by atoms with Crippen LogP contribution < -0.4 is 4.74 Å². The van der Waals surface area contributed by atoms with Crippen LogP contribution in [0.5, 0.6) is 5.75 Å². The van der Waals surface area contributed by atoms with Gasteiger partial charge in [0.2, 0.25) is 0 Å². The number of unbranched alkanes of at least 4 members (excludes halogenated alkanes) is 2. The van der Waals surface area contributed by atoms with Crippen molar-refractivity contribution in [3.63, 3.8) is 0 Å². The summed E-state index contributed by atoms with van der Waals surface area (Å²) in [5, 5.41) is 2.38. The molecule has 3 rings (SSSR count). The van der Waals surface area contributed by atoms with E-state index >= 15 is 0 Å². The van der Waals surface area contributed by atoms with Gasteiger partial charge in [0.15, 0.2) is 0 Å². The minimum atomic E-state index is -0.124. The van der Waals surface area contributed by atoms with E-state index in [1.54, 1.807) is 0 Å². The number of carbonyl (C=O) groups is 1. The van der Waals surface area contributed by atoms with Gasteiger partial charge in [0.1, 0.15) is 5.75 Å². The Labute approximate surface area is 151 Å². The number of hydrogen-bond acceptors (Lipinski definition) is 2. The molecule has 1 saturated carbocycles. The molecule has 0 bridgehead atoms. The van der Waals surface area contributed by atoms with E-state index in [0.29, 0.717) is 18.1 Å². The SMILES string of the molecule is CCCCCC(=O)Oc1ccc2cc(C3CCC(C)CC3)ccc2c1. The van der Waals surface area contributed by atoms with Crippen molar-refractivity contribution in [1.82, 2.24) is 0 Å². The maximum atomic E-state index is 11.9. The monoisotopic (exact) mass is 338 g/mol. The zero-order chi connectivity index (χ0) is 17.6. The summed E-state index contributed by atoms with van der Waals surface area (Å²) in [4.78, 5) is 11.9. The van der Waals surface area contributed by atoms with Gasteiger partial charge in [0.05, 0.1) is 0 Å². The second-order valence-electron chi connectivity index (χ2n) is 7.66. The summed E-state index contributed by atoms with van der Waals surface area (Å²) in [5.74, 6) is 2.12. The summed E-state index contributed by atoms with van der Waals surface area (Å²) < 4.78 is 5.49. The summed E-state index contributed by atoms with van der Waals surface area (Å²) >= 11 is 0. The molecule has 2 nitrogen and oxygen atoms in total. The third-order valence-corrected chi connectivity index (χ3v) is 5.54. The van der Waals surface area contributed by atoms with Gasteiger partial charge in [-0.2, -0.15) is 0 Å². The molecule has 0 radical (unpaired) electrons. The topological polar surface area (TPSA) is 26.3 Å². The first-order valence-corrected chi connectivity index (χ1v) is 9.90. The molecule has 1 aliphatic rings. The molecule has 0 aliphatic heterocycles. The Morgan fingerprint density at radius 2 is 1.72 bits per heavy atom. The van der Waals surface area contributed by atoms with E-state index in [9.17, 15) is 4.79 Å². The summed E-state index contributed by atoms with van der Waals surface area (Å²) in [6, 6.07) is 12.8. The maximum absolute atomic E-state index is 11.9. The molecule has 0 N–H and O–H groups in total. The Hall–Kier alpha value is -1.83. The van der Waals surface area contributed by atoms with Gasteiger partial charge in [0.25, 0.3) is 0 Å². The smallest absolute Gasteiger partial charge is 0.311 e. The van der Waals surface area contributed by atoms with Gasteiger partial charge < -0.3 is 4.74 Å². The molecular formula is C23H30O2. The largest absolute Gasteiger partial charge is 0.427 e. The highest BCUT2D eigenvalue weighted by molar-refractivity contribution is 5.85. The zero-order valence-electron chi connectivity index (χ0n) is 15.6. The van der Waals surface area contributed by atoms with Gasteiger partial charge in [0, 0.05) is 6.42 Å². The van der Waals surface area contributed by atoms with E-state index in [0.717, 1.165) is 30.6 Å². The lowest BCUT2D eigenvalue weighted by molar-refractivity contribution is -0.134. The van der Waals surface area contributed by atoms with Crippen LogP contribution in [0.25, 0.3) is 10.8 Å². The van der Waals surface area contributed by atoms with Crippen LogP contribution in [-0.4, -0.2) is 5.97 Å². The first-order chi connectivity index (χ1) is 12.2. The van der Waals surface area contributed by atoms with Gasteiger partial charge in [-0.15, -0.1) is 0 Å². The Morgan fingerprint density at radius 1 is 1.00 bits per heavy atom. The molecule has 0 heterocycles. The number of esters is 1. The Kier molecular flexibility index (Phi) is 6.12. The molecule has 2 heteroatoms. The molecule has 0 unspecified atom stereocenters. The fraction of sp³-hybridized carbons (Fsp3) is 0.522. The number of fused-ring (bicyclic) bond motifs is 1. The van der Waals surface area contributed by atoms with Gasteiger partial charge in [-0.1, -0.05) is 63.8 Å². The normalized spacial score (nSPS) is 20.6. The molecule has 1 fully saturated rings. The van der Waals surface area contributed by atoms with E-state index in [1.807, 2.05) is 12.1 Å². The average Bonchev–Trinajstić information content (AvgIpc) is 2.62. The van der Waals surface area contributed by atoms with E-state index in [2.05, 4.69) is 38.1 Å². The predicted molar refractivity (Wildman–Crippen MR) is 104 cm³/mol. The first-order valence-electron chi connectivity index (χ1n) is 9.90. The van der Waals surface area contributed by atoms with E-state index < -0.39 is 0 Å². The maximum Gasteiger partial charge on any atom is 0.311 e. The van der Waals surface area contributed by atoms with Crippen molar-refractivity contribution < 1.29 is 9.53 Å². The van der Waals surface area contributed by atoms with E-state index in [-0.39, 0.29) is 5.97 Å². The highest BCUT2D eigenvalue weighted by Gasteiger charge is 2.19. The standard InChI is InChI=1S/C23H30O2/c1-3-4-5-6-23(24)25-22-14-13-20-15-19(11-12-21(20)16-22)18-9-7-17(2)8-10-18/h11-18H,3-10H2,1-2H3. The van der Waals surface area contributed by atoms with Crippen LogP contribution in [0.15, 0.2) is 36.4 Å². The number of ether oxygens (including phenoxy) is 1. The van der Waals surface area contributed by atoms with Crippen molar-refractivity contribution in [2.45, 2.75) is 71.1 Å². The van der Waals surface area contributed by atoms with Crippen molar-refractivity contribution >= 4 is 16.7 Å². The van der Waals surface area contributed by atoms with Crippen LogP contribution in [0.2, 0.25) is 0 Å². The Morgan fingerprint density at radius 3 is 2.48 bits per heavy atom. The molecule has 0 saturated heterocycles.